The lowest BCUT2D eigenvalue weighted by Crippen LogP contribution is -2.10. The highest BCUT2D eigenvalue weighted by Crippen LogP contribution is 2.25. The maximum Gasteiger partial charge on any atom is 0.188 e. The van der Waals surface area contributed by atoms with Gasteiger partial charge < -0.3 is 0 Å². The molecule has 0 N–H and O–H groups in total. The largest absolute Gasteiger partial charge is 0.289 e. The van der Waals surface area contributed by atoms with Crippen LogP contribution in [-0.4, -0.2) is 5.78 Å². The lowest BCUT2D eigenvalue weighted by atomic mass is 9.87. The maximum atomic E-state index is 13.1. The Hall–Kier alpha value is -1.44. The Balaban J connectivity index is 2.22. The second-order valence-electron chi connectivity index (χ2n) is 4.90. The molecule has 0 amide bonds. The molecule has 1 unspecified atom stereocenters. The van der Waals surface area contributed by atoms with Crippen molar-refractivity contribution in [3.63, 3.8) is 0 Å². The van der Waals surface area contributed by atoms with Crippen molar-refractivity contribution in [3.8, 4) is 0 Å². The second kappa shape index (κ2) is 4.82. The quantitative estimate of drug-likeness (QED) is 0.703. The van der Waals surface area contributed by atoms with Gasteiger partial charge in [0.2, 0.25) is 0 Å². The van der Waals surface area contributed by atoms with E-state index in [1.54, 1.807) is 19.1 Å². The van der Waals surface area contributed by atoms with Crippen LogP contribution in [-0.2, 0) is 0 Å². The zero-order valence-corrected chi connectivity index (χ0v) is 10.3. The van der Waals surface area contributed by atoms with Crippen LogP contribution in [0.25, 0.3) is 0 Å². The third-order valence-corrected chi connectivity index (χ3v) is 3.38. The molecule has 2 rings (SSSR count). The molecule has 0 bridgehead atoms. The minimum absolute atomic E-state index is 0.0556. The molecule has 0 aliphatic heterocycles. The van der Waals surface area contributed by atoms with Crippen molar-refractivity contribution < 1.29 is 9.18 Å². The zero-order valence-electron chi connectivity index (χ0n) is 10.3. The lowest BCUT2D eigenvalue weighted by Gasteiger charge is -2.17. The van der Waals surface area contributed by atoms with Gasteiger partial charge in [0.05, 0.1) is 0 Å². The van der Waals surface area contributed by atoms with Crippen LogP contribution in [0.4, 0.5) is 4.39 Å². The molecule has 1 aliphatic carbocycles. The van der Waals surface area contributed by atoms with E-state index in [0.29, 0.717) is 17.0 Å². The summed E-state index contributed by atoms with van der Waals surface area (Å²) in [6.45, 7) is 3.88. The third kappa shape index (κ3) is 2.63. The average molecular weight is 232 g/mol. The Morgan fingerprint density at radius 2 is 2.18 bits per heavy atom. The summed E-state index contributed by atoms with van der Waals surface area (Å²) in [6, 6.07) is 4.58. The van der Waals surface area contributed by atoms with Gasteiger partial charge in [-0.1, -0.05) is 13.0 Å². The van der Waals surface area contributed by atoms with Gasteiger partial charge in [0, 0.05) is 5.56 Å². The highest BCUT2D eigenvalue weighted by Gasteiger charge is 2.17. The van der Waals surface area contributed by atoms with Gasteiger partial charge in [0.25, 0.3) is 0 Å². The van der Waals surface area contributed by atoms with Crippen LogP contribution in [0, 0.1) is 18.7 Å². The van der Waals surface area contributed by atoms with Gasteiger partial charge in [-0.2, -0.15) is 0 Å². The Morgan fingerprint density at radius 1 is 1.41 bits per heavy atom. The number of Topliss-reactive ketones (excluding diaryl/α,β-unsaturated/α-hetero) is 1. The molecule has 1 nitrogen and oxygen atoms in total. The number of rotatable bonds is 2. The number of hydrogen-bond donors (Lipinski definition) is 0. The van der Waals surface area contributed by atoms with E-state index in [0.717, 1.165) is 24.8 Å². The van der Waals surface area contributed by atoms with Crippen molar-refractivity contribution in [3.05, 3.63) is 46.8 Å². The number of carbonyl (C=O) groups excluding carboxylic acids is 1. The van der Waals surface area contributed by atoms with Gasteiger partial charge >= 0.3 is 0 Å². The minimum Gasteiger partial charge on any atom is -0.289 e. The zero-order chi connectivity index (χ0) is 12.4. The summed E-state index contributed by atoms with van der Waals surface area (Å²) < 4.78 is 13.1. The fourth-order valence-corrected chi connectivity index (χ4v) is 2.14. The summed E-state index contributed by atoms with van der Waals surface area (Å²) in [7, 11) is 0. The van der Waals surface area contributed by atoms with E-state index in [2.05, 4.69) is 6.92 Å². The lowest BCUT2D eigenvalue weighted by molar-refractivity contribution is 0.102. The molecule has 2 heteroatoms. The summed E-state index contributed by atoms with van der Waals surface area (Å²) in [6.07, 6.45) is 4.92. The van der Waals surface area contributed by atoms with Crippen molar-refractivity contribution in [2.45, 2.75) is 33.1 Å². The van der Waals surface area contributed by atoms with E-state index in [4.69, 9.17) is 0 Å². The summed E-state index contributed by atoms with van der Waals surface area (Å²) >= 11 is 0. The van der Waals surface area contributed by atoms with Gasteiger partial charge in [-0.25, -0.2) is 4.39 Å². The van der Waals surface area contributed by atoms with Crippen molar-refractivity contribution in [2.75, 3.05) is 0 Å². The molecule has 0 saturated heterocycles. The minimum atomic E-state index is -0.257. The molecule has 1 atom stereocenters. The molecule has 17 heavy (non-hydrogen) atoms. The SMILES string of the molecule is Cc1cc(C(=O)C2=CCC(C)CC2)ccc1F. The first-order valence-electron chi connectivity index (χ1n) is 6.08. The molecule has 0 radical (unpaired) electrons. The topological polar surface area (TPSA) is 17.1 Å². The van der Waals surface area contributed by atoms with Crippen molar-refractivity contribution >= 4 is 5.78 Å². The molecule has 0 fully saturated rings. The van der Waals surface area contributed by atoms with E-state index in [1.165, 1.54) is 6.07 Å². The summed E-state index contributed by atoms with van der Waals surface area (Å²) in [5.74, 6) is 0.467. The highest BCUT2D eigenvalue weighted by atomic mass is 19.1. The fourth-order valence-electron chi connectivity index (χ4n) is 2.14. The van der Waals surface area contributed by atoms with Crippen molar-refractivity contribution in [1.82, 2.24) is 0 Å². The van der Waals surface area contributed by atoms with E-state index < -0.39 is 0 Å². The third-order valence-electron chi connectivity index (χ3n) is 3.38. The van der Waals surface area contributed by atoms with Crippen molar-refractivity contribution in [1.29, 1.82) is 0 Å². The van der Waals surface area contributed by atoms with Crippen LogP contribution in [0.2, 0.25) is 0 Å². The Bertz CT molecular complexity index is 474. The average Bonchev–Trinajstić information content (AvgIpc) is 2.33. The molecular formula is C15H17FO. The van der Waals surface area contributed by atoms with Crippen LogP contribution in [0.15, 0.2) is 29.8 Å². The van der Waals surface area contributed by atoms with E-state index in [-0.39, 0.29) is 11.6 Å². The number of carbonyl (C=O) groups is 1. The summed E-state index contributed by atoms with van der Waals surface area (Å²) in [5.41, 5.74) is 2.01. The molecule has 1 aromatic carbocycles. The molecule has 0 aromatic heterocycles. The van der Waals surface area contributed by atoms with E-state index in [9.17, 15) is 9.18 Å². The first-order valence-corrected chi connectivity index (χ1v) is 6.08. The van der Waals surface area contributed by atoms with Crippen molar-refractivity contribution in [2.24, 2.45) is 5.92 Å². The van der Waals surface area contributed by atoms with Crippen LogP contribution in [0.3, 0.4) is 0 Å². The predicted molar refractivity (Wildman–Crippen MR) is 66.6 cm³/mol. The molecule has 0 spiro atoms. The Morgan fingerprint density at radius 3 is 2.76 bits per heavy atom. The monoisotopic (exact) mass is 232 g/mol. The van der Waals surface area contributed by atoms with Crippen LogP contribution in [0.5, 0.6) is 0 Å². The summed E-state index contributed by atoms with van der Waals surface area (Å²) in [5, 5.41) is 0. The van der Waals surface area contributed by atoms with Crippen LogP contribution < -0.4 is 0 Å². The second-order valence-corrected chi connectivity index (χ2v) is 4.90. The highest BCUT2D eigenvalue weighted by molar-refractivity contribution is 6.08. The van der Waals surface area contributed by atoms with Gasteiger partial charge in [-0.15, -0.1) is 0 Å². The number of halogens is 1. The normalized spacial score (nSPS) is 19.9. The number of allylic oxidation sites excluding steroid dienone is 2. The number of hydrogen-bond acceptors (Lipinski definition) is 1. The summed E-state index contributed by atoms with van der Waals surface area (Å²) in [4.78, 5) is 12.2. The maximum absolute atomic E-state index is 13.1. The van der Waals surface area contributed by atoms with Gasteiger partial charge in [0.1, 0.15) is 5.82 Å². The first-order chi connectivity index (χ1) is 8.08. The van der Waals surface area contributed by atoms with Gasteiger partial charge in [-0.05, 0) is 61.4 Å². The smallest absolute Gasteiger partial charge is 0.188 e. The molecule has 0 heterocycles. The Labute approximate surface area is 101 Å². The van der Waals surface area contributed by atoms with Gasteiger partial charge in [0.15, 0.2) is 5.78 Å². The van der Waals surface area contributed by atoms with Crippen LogP contribution >= 0.6 is 0 Å². The molecule has 0 saturated carbocycles. The number of benzene rings is 1. The van der Waals surface area contributed by atoms with E-state index >= 15 is 0 Å². The van der Waals surface area contributed by atoms with Gasteiger partial charge in [-0.3, -0.25) is 4.79 Å². The molecule has 1 aromatic rings. The predicted octanol–water partition coefficient (Wildman–Crippen LogP) is 4.06. The molecule has 90 valence electrons. The Kier molecular flexibility index (Phi) is 3.41. The number of aryl methyl sites for hydroxylation is 1. The van der Waals surface area contributed by atoms with E-state index in [1.807, 2.05) is 6.08 Å². The fraction of sp³-hybridized carbons (Fsp3) is 0.400. The number of ketones is 1. The molecule has 1 aliphatic rings. The molecular weight excluding hydrogens is 215 g/mol. The first kappa shape index (κ1) is 12.0. The standard InChI is InChI=1S/C15H17FO/c1-10-3-5-12(6-4-10)15(17)13-7-8-14(16)11(2)9-13/h5,7-10H,3-4,6H2,1-2H3. The van der Waals surface area contributed by atoms with Crippen LogP contribution in [0.1, 0.15) is 42.1 Å².